The molecule has 1 aliphatic carbocycles. The van der Waals surface area contributed by atoms with E-state index in [9.17, 15) is 18.8 Å². The molecule has 3 amide bonds. The molecule has 0 unspecified atom stereocenters. The molecule has 0 heterocycles. The van der Waals surface area contributed by atoms with Crippen LogP contribution in [-0.2, 0) is 14.4 Å². The Morgan fingerprint density at radius 2 is 1.50 bits per heavy atom. The monoisotopic (exact) mass is 467 g/mol. The molecule has 180 valence electrons. The van der Waals surface area contributed by atoms with Crippen molar-refractivity contribution in [1.82, 2.24) is 10.8 Å². The van der Waals surface area contributed by atoms with Crippen molar-refractivity contribution < 1.29 is 24.0 Å². The quantitative estimate of drug-likeness (QED) is 0.122. The second kappa shape index (κ2) is 12.6. The predicted molar refractivity (Wildman–Crippen MR) is 128 cm³/mol. The molecular weight excluding hydrogens is 437 g/mol. The topological polar surface area (TPSA) is 108 Å². The number of halogens is 1. The van der Waals surface area contributed by atoms with Crippen LogP contribution in [0.3, 0.4) is 0 Å². The van der Waals surface area contributed by atoms with E-state index in [4.69, 9.17) is 5.21 Å². The van der Waals surface area contributed by atoms with E-state index < -0.39 is 5.91 Å². The van der Waals surface area contributed by atoms with Crippen LogP contribution in [0.1, 0.15) is 62.5 Å². The van der Waals surface area contributed by atoms with Crippen molar-refractivity contribution in [2.75, 3.05) is 5.32 Å². The summed E-state index contributed by atoms with van der Waals surface area (Å²) in [6, 6.07) is 13.2. The third-order valence-electron chi connectivity index (χ3n) is 5.50. The zero-order valence-corrected chi connectivity index (χ0v) is 19.0. The van der Waals surface area contributed by atoms with Crippen LogP contribution in [0.15, 0.2) is 48.5 Å². The Kier molecular flexibility index (Phi) is 9.34. The first-order valence-electron chi connectivity index (χ1n) is 11.6. The zero-order chi connectivity index (χ0) is 24.3. The summed E-state index contributed by atoms with van der Waals surface area (Å²) >= 11 is 0. The lowest BCUT2D eigenvalue weighted by Crippen LogP contribution is -2.26. The number of hydroxylamine groups is 1. The molecular formula is C26H30FN3O4. The summed E-state index contributed by atoms with van der Waals surface area (Å²) in [4.78, 5) is 35.9. The third-order valence-corrected chi connectivity index (χ3v) is 5.50. The minimum atomic E-state index is -0.399. The van der Waals surface area contributed by atoms with Crippen molar-refractivity contribution in [1.29, 1.82) is 0 Å². The molecule has 0 aromatic heterocycles. The average Bonchev–Trinajstić information content (AvgIpc) is 3.65. The first-order valence-corrected chi connectivity index (χ1v) is 11.6. The highest BCUT2D eigenvalue weighted by atomic mass is 19.1. The van der Waals surface area contributed by atoms with Crippen molar-refractivity contribution in [3.63, 3.8) is 0 Å². The van der Waals surface area contributed by atoms with Gasteiger partial charge in [-0.05, 0) is 67.2 Å². The molecule has 1 aliphatic rings. The summed E-state index contributed by atoms with van der Waals surface area (Å²) in [5.41, 5.74) is 4.14. The molecule has 8 heteroatoms. The summed E-state index contributed by atoms with van der Waals surface area (Å²) in [5.74, 6) is -1.04. The molecule has 2 aromatic rings. The first-order chi connectivity index (χ1) is 16.4. The third kappa shape index (κ3) is 8.44. The fourth-order valence-corrected chi connectivity index (χ4v) is 3.43. The van der Waals surface area contributed by atoms with E-state index in [0.717, 1.165) is 31.2 Å². The van der Waals surface area contributed by atoms with E-state index >= 15 is 0 Å². The molecule has 0 atom stereocenters. The molecule has 0 spiro atoms. The molecule has 1 saturated carbocycles. The molecule has 0 saturated heterocycles. The van der Waals surface area contributed by atoms with Crippen LogP contribution in [0.25, 0.3) is 11.6 Å². The highest BCUT2D eigenvalue weighted by Gasteiger charge is 2.25. The van der Waals surface area contributed by atoms with Gasteiger partial charge in [0, 0.05) is 30.1 Å². The lowest BCUT2D eigenvalue weighted by molar-refractivity contribution is -0.129. The van der Waals surface area contributed by atoms with Crippen LogP contribution >= 0.6 is 0 Å². The number of benzene rings is 2. The van der Waals surface area contributed by atoms with Gasteiger partial charge in [-0.1, -0.05) is 37.1 Å². The SMILES string of the molecule is O=C(CCCCCCC(=O)Nc1ccc(/C=C(/C(=O)NC2CC2)c2ccc(F)cc2)cc1)NO. The second-order valence-corrected chi connectivity index (χ2v) is 8.43. The van der Waals surface area contributed by atoms with E-state index in [-0.39, 0.29) is 30.1 Å². The Morgan fingerprint density at radius 3 is 2.09 bits per heavy atom. The van der Waals surface area contributed by atoms with Gasteiger partial charge in [-0.25, -0.2) is 9.87 Å². The molecule has 0 radical (unpaired) electrons. The van der Waals surface area contributed by atoms with E-state index in [2.05, 4.69) is 10.6 Å². The number of amides is 3. The normalized spacial score (nSPS) is 13.3. The van der Waals surface area contributed by atoms with Crippen LogP contribution in [-0.4, -0.2) is 29.0 Å². The van der Waals surface area contributed by atoms with Crippen LogP contribution < -0.4 is 16.1 Å². The number of unbranched alkanes of at least 4 members (excludes halogenated alkanes) is 3. The van der Waals surface area contributed by atoms with E-state index in [1.807, 2.05) is 12.1 Å². The van der Waals surface area contributed by atoms with Gasteiger partial charge >= 0.3 is 0 Å². The van der Waals surface area contributed by atoms with Gasteiger partial charge in [0.2, 0.25) is 11.8 Å². The minimum Gasteiger partial charge on any atom is -0.349 e. The van der Waals surface area contributed by atoms with Gasteiger partial charge in [0.05, 0.1) is 0 Å². The molecule has 1 fully saturated rings. The highest BCUT2D eigenvalue weighted by Crippen LogP contribution is 2.24. The Balaban J connectivity index is 1.54. The maximum Gasteiger partial charge on any atom is 0.252 e. The summed E-state index contributed by atoms with van der Waals surface area (Å²) in [5, 5.41) is 14.3. The van der Waals surface area contributed by atoms with Gasteiger partial charge in [0.15, 0.2) is 0 Å². The van der Waals surface area contributed by atoms with Gasteiger partial charge in [-0.15, -0.1) is 0 Å². The van der Waals surface area contributed by atoms with Crippen molar-refractivity contribution in [2.45, 2.75) is 57.4 Å². The fraction of sp³-hybridized carbons (Fsp3) is 0.346. The molecule has 3 rings (SSSR count). The molecule has 4 N–H and O–H groups in total. The van der Waals surface area contributed by atoms with Gasteiger partial charge in [0.1, 0.15) is 5.82 Å². The maximum atomic E-state index is 13.3. The van der Waals surface area contributed by atoms with E-state index in [1.165, 1.54) is 12.1 Å². The smallest absolute Gasteiger partial charge is 0.252 e. The number of carbonyl (C=O) groups excluding carboxylic acids is 3. The molecule has 7 nitrogen and oxygen atoms in total. The summed E-state index contributed by atoms with van der Waals surface area (Å²) in [6.07, 6.45) is 7.37. The van der Waals surface area contributed by atoms with Gasteiger partial charge in [0.25, 0.3) is 5.91 Å². The summed E-state index contributed by atoms with van der Waals surface area (Å²) < 4.78 is 13.3. The van der Waals surface area contributed by atoms with Crippen molar-refractivity contribution >= 4 is 35.1 Å². The first kappa shape index (κ1) is 25.1. The lowest BCUT2D eigenvalue weighted by atomic mass is 10.0. The Bertz CT molecular complexity index is 1020. The van der Waals surface area contributed by atoms with Gasteiger partial charge in [-0.3, -0.25) is 19.6 Å². The zero-order valence-electron chi connectivity index (χ0n) is 19.0. The van der Waals surface area contributed by atoms with Crippen molar-refractivity contribution in [3.8, 4) is 0 Å². The minimum absolute atomic E-state index is 0.0906. The Morgan fingerprint density at radius 1 is 0.882 bits per heavy atom. The number of carbonyl (C=O) groups is 3. The summed E-state index contributed by atoms with van der Waals surface area (Å²) in [7, 11) is 0. The van der Waals surface area contributed by atoms with Crippen LogP contribution in [0.5, 0.6) is 0 Å². The fourth-order valence-electron chi connectivity index (χ4n) is 3.43. The van der Waals surface area contributed by atoms with Crippen LogP contribution in [0.4, 0.5) is 10.1 Å². The van der Waals surface area contributed by atoms with Crippen LogP contribution in [0, 0.1) is 5.82 Å². The average molecular weight is 468 g/mol. The standard InChI is InChI=1S/C26H30FN3O4/c27-20-11-9-19(10-12-20)23(26(33)29-22-15-16-22)17-18-7-13-21(14-8-18)28-24(31)5-3-1-2-4-6-25(32)30-34/h7-14,17,22,34H,1-6,15-16H2,(H,28,31)(H,29,33)(H,30,32)/b23-17+. The molecule has 0 aliphatic heterocycles. The number of hydrogen-bond donors (Lipinski definition) is 4. The van der Waals surface area contributed by atoms with Crippen molar-refractivity contribution in [3.05, 3.63) is 65.5 Å². The van der Waals surface area contributed by atoms with Gasteiger partial charge < -0.3 is 10.6 Å². The molecule has 0 bridgehead atoms. The van der Waals surface area contributed by atoms with E-state index in [1.54, 1.807) is 35.8 Å². The summed E-state index contributed by atoms with van der Waals surface area (Å²) in [6.45, 7) is 0. The number of rotatable bonds is 12. The van der Waals surface area contributed by atoms with Crippen molar-refractivity contribution in [2.24, 2.45) is 0 Å². The lowest BCUT2D eigenvalue weighted by Gasteiger charge is -2.10. The largest absolute Gasteiger partial charge is 0.349 e. The predicted octanol–water partition coefficient (Wildman–Crippen LogP) is 4.43. The second-order valence-electron chi connectivity index (χ2n) is 8.43. The van der Waals surface area contributed by atoms with Gasteiger partial charge in [-0.2, -0.15) is 0 Å². The molecule has 34 heavy (non-hydrogen) atoms. The molecule has 2 aromatic carbocycles. The van der Waals surface area contributed by atoms with E-state index in [0.29, 0.717) is 36.1 Å². The number of nitrogens with one attached hydrogen (secondary N) is 3. The Labute approximate surface area is 198 Å². The van der Waals surface area contributed by atoms with Crippen LogP contribution in [0.2, 0.25) is 0 Å². The maximum absolute atomic E-state index is 13.3. The Hall–Kier alpha value is -3.52. The number of hydrogen-bond acceptors (Lipinski definition) is 4. The highest BCUT2D eigenvalue weighted by molar-refractivity contribution is 6.24. The number of anilines is 1.